The first-order valence-corrected chi connectivity index (χ1v) is 7.37. The van der Waals surface area contributed by atoms with E-state index in [-0.39, 0.29) is 24.1 Å². The quantitative estimate of drug-likeness (QED) is 0.757. The Kier molecular flexibility index (Phi) is 6.00. The molecule has 0 aliphatic heterocycles. The second kappa shape index (κ2) is 7.28. The minimum Gasteiger partial charge on any atom is -0.481 e. The van der Waals surface area contributed by atoms with Crippen LogP contribution in [0.5, 0.6) is 0 Å². The monoisotopic (exact) mass is 300 g/mol. The lowest BCUT2D eigenvalue weighted by Crippen LogP contribution is -2.30. The molecule has 0 saturated carbocycles. The third-order valence-electron chi connectivity index (χ3n) is 2.78. The fourth-order valence-electron chi connectivity index (χ4n) is 1.54. The number of hydrogen-bond acceptors (Lipinski definition) is 5. The average molecular weight is 300 g/mol. The van der Waals surface area contributed by atoms with Crippen molar-refractivity contribution in [3.63, 3.8) is 0 Å². The molecule has 0 bridgehead atoms. The predicted molar refractivity (Wildman–Crippen MR) is 75.8 cm³/mol. The van der Waals surface area contributed by atoms with Gasteiger partial charge in [-0.1, -0.05) is 25.6 Å². The molecule has 1 aromatic rings. The van der Waals surface area contributed by atoms with E-state index in [0.29, 0.717) is 17.5 Å². The number of carbonyl (C=O) groups is 2. The Morgan fingerprint density at radius 1 is 1.40 bits per heavy atom. The molecule has 1 amide bonds. The summed E-state index contributed by atoms with van der Waals surface area (Å²) in [6.45, 7) is 6.57. The van der Waals surface area contributed by atoms with Crippen molar-refractivity contribution >= 4 is 23.6 Å². The van der Waals surface area contributed by atoms with Crippen molar-refractivity contribution in [2.45, 2.75) is 38.4 Å². The Bertz CT molecular complexity index is 487. The molecule has 0 atom stereocenters. The first-order valence-electron chi connectivity index (χ1n) is 6.38. The van der Waals surface area contributed by atoms with Crippen molar-refractivity contribution in [3.8, 4) is 0 Å². The van der Waals surface area contributed by atoms with Crippen LogP contribution in [0.1, 0.15) is 32.5 Å². The third-order valence-corrected chi connectivity index (χ3v) is 3.73. The Labute approximate surface area is 122 Å². The molecule has 0 unspecified atom stereocenters. The van der Waals surface area contributed by atoms with Crippen molar-refractivity contribution in [1.82, 2.24) is 19.7 Å². The summed E-state index contributed by atoms with van der Waals surface area (Å²) < 4.78 is 1.70. The molecule has 0 aromatic carbocycles. The van der Waals surface area contributed by atoms with Crippen LogP contribution in [0.25, 0.3) is 0 Å². The van der Waals surface area contributed by atoms with E-state index in [4.69, 9.17) is 5.11 Å². The molecule has 20 heavy (non-hydrogen) atoms. The zero-order valence-electron chi connectivity index (χ0n) is 12.2. The van der Waals surface area contributed by atoms with Crippen molar-refractivity contribution in [1.29, 1.82) is 0 Å². The van der Waals surface area contributed by atoms with Gasteiger partial charge in [-0.3, -0.25) is 14.2 Å². The molecule has 0 saturated heterocycles. The van der Waals surface area contributed by atoms with E-state index in [2.05, 4.69) is 10.2 Å². The van der Waals surface area contributed by atoms with Gasteiger partial charge in [-0.25, -0.2) is 0 Å². The number of aliphatic carboxylic acids is 1. The zero-order valence-corrected chi connectivity index (χ0v) is 13.0. The van der Waals surface area contributed by atoms with E-state index in [1.165, 1.54) is 0 Å². The Morgan fingerprint density at radius 2 is 2.05 bits per heavy atom. The first kappa shape index (κ1) is 16.5. The van der Waals surface area contributed by atoms with Crippen molar-refractivity contribution < 1.29 is 14.7 Å². The summed E-state index contributed by atoms with van der Waals surface area (Å²) in [6, 6.07) is 0. The highest BCUT2D eigenvalue weighted by Crippen LogP contribution is 2.21. The third kappa shape index (κ3) is 4.22. The molecule has 0 radical (unpaired) electrons. The highest BCUT2D eigenvalue weighted by atomic mass is 32.2. The van der Waals surface area contributed by atoms with Crippen LogP contribution in [0.2, 0.25) is 0 Å². The zero-order chi connectivity index (χ0) is 15.3. The van der Waals surface area contributed by atoms with Crippen LogP contribution < -0.4 is 0 Å². The van der Waals surface area contributed by atoms with Crippen LogP contribution in [0.15, 0.2) is 5.16 Å². The minimum absolute atomic E-state index is 0.0497. The molecule has 0 aliphatic carbocycles. The Balaban J connectivity index is 2.96. The van der Waals surface area contributed by atoms with Crippen LogP contribution >= 0.6 is 11.8 Å². The summed E-state index contributed by atoms with van der Waals surface area (Å²) in [5, 5.41) is 17.3. The summed E-state index contributed by atoms with van der Waals surface area (Å²) in [5.74, 6) is -0.273. The van der Waals surface area contributed by atoms with Crippen molar-refractivity contribution in [2.24, 2.45) is 0 Å². The Hall–Kier alpha value is -1.57. The van der Waals surface area contributed by atoms with E-state index in [1.807, 2.05) is 20.8 Å². The van der Waals surface area contributed by atoms with E-state index in [9.17, 15) is 9.59 Å². The second-order valence-corrected chi connectivity index (χ2v) is 5.61. The molecule has 0 fully saturated rings. The lowest BCUT2D eigenvalue weighted by Gasteiger charge is -2.17. The molecule has 1 rings (SSSR count). The summed E-state index contributed by atoms with van der Waals surface area (Å²) in [5.41, 5.74) is 0. The highest BCUT2D eigenvalue weighted by molar-refractivity contribution is 7.99. The minimum atomic E-state index is -0.923. The number of rotatable bonds is 7. The van der Waals surface area contributed by atoms with Crippen LogP contribution in [0.3, 0.4) is 0 Å². The molecule has 1 aromatic heterocycles. The fraction of sp³-hybridized carbons (Fsp3) is 0.667. The second-order valence-electron chi connectivity index (χ2n) is 4.67. The van der Waals surface area contributed by atoms with Crippen LogP contribution in [-0.4, -0.2) is 56.0 Å². The summed E-state index contributed by atoms with van der Waals surface area (Å²) in [4.78, 5) is 24.3. The molecule has 112 valence electrons. The number of thioether (sulfide) groups is 1. The van der Waals surface area contributed by atoms with E-state index in [0.717, 1.165) is 11.8 Å². The Morgan fingerprint density at radius 3 is 2.55 bits per heavy atom. The van der Waals surface area contributed by atoms with E-state index < -0.39 is 5.97 Å². The summed E-state index contributed by atoms with van der Waals surface area (Å²) in [6.07, 6.45) is 0. The van der Waals surface area contributed by atoms with Crippen LogP contribution in [-0.2, 0) is 16.1 Å². The number of aromatic nitrogens is 3. The van der Waals surface area contributed by atoms with Gasteiger partial charge in [0.25, 0.3) is 0 Å². The summed E-state index contributed by atoms with van der Waals surface area (Å²) >= 11 is 1.07. The molecular weight excluding hydrogens is 280 g/mol. The standard InChI is InChI=1S/C12H20N4O3S/c1-5-15(4)9(17)6-16-11(8(2)3)13-14-12(16)20-7-10(18)19/h8H,5-7H2,1-4H3,(H,18,19). The smallest absolute Gasteiger partial charge is 0.313 e. The number of nitrogens with zero attached hydrogens (tertiary/aromatic N) is 4. The van der Waals surface area contributed by atoms with Gasteiger partial charge in [-0.2, -0.15) is 0 Å². The molecular formula is C12H20N4O3S. The summed E-state index contributed by atoms with van der Waals surface area (Å²) in [7, 11) is 1.73. The predicted octanol–water partition coefficient (Wildman–Crippen LogP) is 1.06. The maximum Gasteiger partial charge on any atom is 0.313 e. The fourth-order valence-corrected chi connectivity index (χ4v) is 2.21. The number of likely N-dealkylation sites (N-methyl/N-ethyl adjacent to an activating group) is 1. The lowest BCUT2D eigenvalue weighted by atomic mass is 10.2. The number of amides is 1. The maximum atomic E-state index is 12.0. The molecule has 7 nitrogen and oxygen atoms in total. The van der Waals surface area contributed by atoms with Crippen LogP contribution in [0.4, 0.5) is 0 Å². The van der Waals surface area contributed by atoms with Gasteiger partial charge in [-0.15, -0.1) is 10.2 Å². The van der Waals surface area contributed by atoms with Gasteiger partial charge in [0.05, 0.1) is 5.75 Å². The average Bonchev–Trinajstić information content (AvgIpc) is 2.78. The largest absolute Gasteiger partial charge is 0.481 e. The van der Waals surface area contributed by atoms with E-state index >= 15 is 0 Å². The van der Waals surface area contributed by atoms with Gasteiger partial charge in [0.1, 0.15) is 12.4 Å². The van der Waals surface area contributed by atoms with Gasteiger partial charge in [0.2, 0.25) is 5.91 Å². The molecule has 1 N–H and O–H groups in total. The topological polar surface area (TPSA) is 88.3 Å². The number of carboxylic acid groups (broad SMARTS) is 1. The normalized spacial score (nSPS) is 10.8. The van der Waals surface area contributed by atoms with Crippen LogP contribution in [0, 0.1) is 0 Å². The van der Waals surface area contributed by atoms with Crippen molar-refractivity contribution in [3.05, 3.63) is 5.82 Å². The van der Waals surface area contributed by atoms with Gasteiger partial charge in [0.15, 0.2) is 5.16 Å². The van der Waals surface area contributed by atoms with Crippen molar-refractivity contribution in [2.75, 3.05) is 19.3 Å². The number of carboxylic acids is 1. The van der Waals surface area contributed by atoms with Gasteiger partial charge >= 0.3 is 5.97 Å². The maximum absolute atomic E-state index is 12.0. The highest BCUT2D eigenvalue weighted by Gasteiger charge is 2.19. The molecule has 0 aliphatic rings. The first-order chi connectivity index (χ1) is 9.36. The molecule has 1 heterocycles. The van der Waals surface area contributed by atoms with Gasteiger partial charge in [0, 0.05) is 19.5 Å². The number of carbonyl (C=O) groups excluding carboxylic acids is 1. The lowest BCUT2D eigenvalue weighted by molar-refractivity contribution is -0.134. The number of hydrogen-bond donors (Lipinski definition) is 1. The molecule has 0 spiro atoms. The van der Waals surface area contributed by atoms with E-state index in [1.54, 1.807) is 16.5 Å². The van der Waals surface area contributed by atoms with Gasteiger partial charge in [-0.05, 0) is 6.92 Å². The molecule has 8 heteroatoms. The van der Waals surface area contributed by atoms with Gasteiger partial charge < -0.3 is 10.0 Å². The SMILES string of the molecule is CCN(C)C(=O)Cn1c(SCC(=O)O)nnc1C(C)C.